The highest BCUT2D eigenvalue weighted by Gasteiger charge is 2.00. The van der Waals surface area contributed by atoms with Gasteiger partial charge in [-0.2, -0.15) is 5.59 Å². The molecule has 6 nitrogen and oxygen atoms in total. The average molecular weight is 165 g/mol. The highest BCUT2D eigenvalue weighted by atomic mass is 16.7. The summed E-state index contributed by atoms with van der Waals surface area (Å²) in [6.45, 7) is 0. The van der Waals surface area contributed by atoms with E-state index in [9.17, 15) is 0 Å². The first-order valence-corrected chi connectivity index (χ1v) is 3.34. The second-order valence-electron chi connectivity index (χ2n) is 2.14. The molecule has 6 heteroatoms. The fraction of sp³-hybridized carbons (Fsp3) is 0.167. The van der Waals surface area contributed by atoms with Crippen LogP contribution in [0.3, 0.4) is 0 Å². The zero-order valence-electron chi connectivity index (χ0n) is 6.43. The van der Waals surface area contributed by atoms with Crippen molar-refractivity contribution in [2.24, 2.45) is 0 Å². The Balaban J connectivity index is 2.55. The molecule has 0 saturated heterocycles. The van der Waals surface area contributed by atoms with Crippen molar-refractivity contribution in [2.75, 3.05) is 12.7 Å². The van der Waals surface area contributed by atoms with E-state index in [-0.39, 0.29) is 0 Å². The molecule has 12 heavy (non-hydrogen) atoms. The minimum absolute atomic E-state index is 0.687. The molecule has 0 bridgehead atoms. The van der Waals surface area contributed by atoms with Crippen LogP contribution in [0.5, 0.6) is 0 Å². The number of nitrogens with zero attached hydrogens (tertiary/aromatic N) is 4. The van der Waals surface area contributed by atoms with Gasteiger partial charge in [0.25, 0.3) is 0 Å². The van der Waals surface area contributed by atoms with E-state index in [1.54, 1.807) is 17.2 Å². The van der Waals surface area contributed by atoms with Crippen LogP contribution >= 0.6 is 0 Å². The van der Waals surface area contributed by atoms with Gasteiger partial charge in [0.1, 0.15) is 18.2 Å². The molecule has 0 unspecified atom stereocenters. The van der Waals surface area contributed by atoms with Crippen LogP contribution in [-0.4, -0.2) is 26.7 Å². The van der Waals surface area contributed by atoms with Gasteiger partial charge in [-0.05, 0) is 0 Å². The van der Waals surface area contributed by atoms with Gasteiger partial charge in [0.2, 0.25) is 0 Å². The van der Waals surface area contributed by atoms with E-state index in [2.05, 4.69) is 20.5 Å². The molecule has 0 fully saturated rings. The monoisotopic (exact) mass is 165 g/mol. The van der Waals surface area contributed by atoms with E-state index in [0.717, 1.165) is 5.52 Å². The average Bonchev–Trinajstić information content (AvgIpc) is 2.50. The van der Waals surface area contributed by atoms with Gasteiger partial charge >= 0.3 is 0 Å². The standard InChI is InChI=1S/C6H7N5O/c1-12-10-11-4-9-5-2-7-3-8-6(5)11/h2-4,10H,1H3. The summed E-state index contributed by atoms with van der Waals surface area (Å²) in [6, 6.07) is 0. The van der Waals surface area contributed by atoms with Gasteiger partial charge in [-0.15, -0.1) is 0 Å². The Morgan fingerprint density at radius 1 is 1.50 bits per heavy atom. The number of hydrogen-bond donors (Lipinski definition) is 1. The molecule has 1 N–H and O–H groups in total. The maximum Gasteiger partial charge on any atom is 0.183 e. The van der Waals surface area contributed by atoms with Crippen molar-refractivity contribution in [3.63, 3.8) is 0 Å². The summed E-state index contributed by atoms with van der Waals surface area (Å²) in [6.07, 6.45) is 4.66. The van der Waals surface area contributed by atoms with E-state index in [1.807, 2.05) is 0 Å². The van der Waals surface area contributed by atoms with E-state index in [1.165, 1.54) is 13.4 Å². The normalized spacial score (nSPS) is 10.4. The third kappa shape index (κ3) is 0.978. The molecule has 0 aliphatic carbocycles. The lowest BCUT2D eigenvalue weighted by Gasteiger charge is -2.01. The van der Waals surface area contributed by atoms with Crippen molar-refractivity contribution in [3.8, 4) is 0 Å². The fourth-order valence-corrected chi connectivity index (χ4v) is 0.932. The topological polar surface area (TPSA) is 64.9 Å². The molecule has 0 amide bonds. The Bertz CT molecular complexity index is 384. The van der Waals surface area contributed by atoms with Crippen LogP contribution < -0.4 is 5.59 Å². The Morgan fingerprint density at radius 3 is 3.25 bits per heavy atom. The summed E-state index contributed by atoms with van der Waals surface area (Å²) < 4.78 is 1.57. The van der Waals surface area contributed by atoms with Crippen molar-refractivity contribution >= 4 is 11.2 Å². The van der Waals surface area contributed by atoms with Gasteiger partial charge in [0.05, 0.1) is 13.3 Å². The predicted octanol–water partition coefficient (Wildman–Crippen LogP) is -0.0688. The van der Waals surface area contributed by atoms with Gasteiger partial charge in [-0.3, -0.25) is 4.84 Å². The first-order valence-electron chi connectivity index (χ1n) is 3.34. The summed E-state index contributed by atoms with van der Waals surface area (Å²) in [4.78, 5) is 16.6. The van der Waals surface area contributed by atoms with Crippen molar-refractivity contribution < 1.29 is 4.84 Å². The number of nitrogens with one attached hydrogen (secondary N) is 1. The molecule has 62 valence electrons. The van der Waals surface area contributed by atoms with Crippen LogP contribution in [0.25, 0.3) is 11.2 Å². The molecule has 0 radical (unpaired) electrons. The molecule has 0 aliphatic rings. The Hall–Kier alpha value is -1.69. The quantitative estimate of drug-likeness (QED) is 0.631. The van der Waals surface area contributed by atoms with Crippen molar-refractivity contribution in [1.82, 2.24) is 19.6 Å². The lowest BCUT2D eigenvalue weighted by molar-refractivity contribution is 0.223. The summed E-state index contributed by atoms with van der Waals surface area (Å²) in [7, 11) is 1.52. The van der Waals surface area contributed by atoms with Gasteiger partial charge < -0.3 is 0 Å². The number of aromatic nitrogens is 4. The molecule has 0 saturated carbocycles. The third-order valence-electron chi connectivity index (χ3n) is 1.40. The van der Waals surface area contributed by atoms with Crippen LogP contribution in [0.4, 0.5) is 0 Å². The molecule has 0 atom stereocenters. The predicted molar refractivity (Wildman–Crippen MR) is 41.7 cm³/mol. The molecule has 2 heterocycles. The molecule has 0 spiro atoms. The summed E-state index contributed by atoms with van der Waals surface area (Å²) in [5.41, 5.74) is 4.01. The van der Waals surface area contributed by atoms with Crippen LogP contribution in [0.2, 0.25) is 0 Å². The maximum absolute atomic E-state index is 4.71. The summed E-state index contributed by atoms with van der Waals surface area (Å²) in [5, 5.41) is 0. The van der Waals surface area contributed by atoms with Crippen molar-refractivity contribution in [2.45, 2.75) is 0 Å². The molecule has 2 rings (SSSR count). The molecule has 2 aromatic heterocycles. The number of hydrogen-bond acceptors (Lipinski definition) is 5. The minimum atomic E-state index is 0.687. The highest BCUT2D eigenvalue weighted by molar-refractivity contribution is 5.68. The molecule has 0 aliphatic heterocycles. The first-order chi connectivity index (χ1) is 5.92. The Kier molecular flexibility index (Phi) is 1.60. The SMILES string of the molecule is CONn1cnc2cncnc21. The third-order valence-corrected chi connectivity index (χ3v) is 1.40. The zero-order chi connectivity index (χ0) is 8.39. The van der Waals surface area contributed by atoms with Gasteiger partial charge in [0.15, 0.2) is 5.65 Å². The lowest BCUT2D eigenvalue weighted by atomic mass is 10.6. The second-order valence-corrected chi connectivity index (χ2v) is 2.14. The molecule has 2 aromatic rings. The van der Waals surface area contributed by atoms with E-state index in [0.29, 0.717) is 5.65 Å². The minimum Gasteiger partial charge on any atom is -0.264 e. The molecule has 0 aromatic carbocycles. The summed E-state index contributed by atoms with van der Waals surface area (Å²) >= 11 is 0. The van der Waals surface area contributed by atoms with E-state index >= 15 is 0 Å². The van der Waals surface area contributed by atoms with Gasteiger partial charge in [-0.1, -0.05) is 0 Å². The van der Waals surface area contributed by atoms with Crippen LogP contribution in [-0.2, 0) is 4.84 Å². The van der Waals surface area contributed by atoms with Crippen LogP contribution in [0.1, 0.15) is 0 Å². The van der Waals surface area contributed by atoms with E-state index in [4.69, 9.17) is 4.84 Å². The Labute approximate surface area is 68.1 Å². The first kappa shape index (κ1) is 6.99. The number of imidazole rings is 1. The number of rotatable bonds is 2. The van der Waals surface area contributed by atoms with Crippen LogP contribution in [0.15, 0.2) is 18.9 Å². The molecular weight excluding hydrogens is 158 g/mol. The fourth-order valence-electron chi connectivity index (χ4n) is 0.932. The maximum atomic E-state index is 4.71. The lowest BCUT2D eigenvalue weighted by Crippen LogP contribution is -2.11. The second kappa shape index (κ2) is 2.74. The molecular formula is C6H7N5O. The van der Waals surface area contributed by atoms with Gasteiger partial charge in [0, 0.05) is 0 Å². The number of fused-ring (bicyclic) bond motifs is 1. The zero-order valence-corrected chi connectivity index (χ0v) is 6.43. The largest absolute Gasteiger partial charge is 0.264 e. The van der Waals surface area contributed by atoms with Gasteiger partial charge in [-0.25, -0.2) is 19.6 Å². The summed E-state index contributed by atoms with van der Waals surface area (Å²) in [5.74, 6) is 0. The van der Waals surface area contributed by atoms with Crippen LogP contribution in [0, 0.1) is 0 Å². The Morgan fingerprint density at radius 2 is 2.42 bits per heavy atom. The highest BCUT2D eigenvalue weighted by Crippen LogP contribution is 2.04. The van der Waals surface area contributed by atoms with E-state index < -0.39 is 0 Å². The van der Waals surface area contributed by atoms with Crippen molar-refractivity contribution in [1.29, 1.82) is 0 Å². The van der Waals surface area contributed by atoms with Crippen molar-refractivity contribution in [3.05, 3.63) is 18.9 Å². The smallest absolute Gasteiger partial charge is 0.183 e.